The van der Waals surface area contributed by atoms with E-state index in [1.165, 1.54) is 37.4 Å². The first kappa shape index (κ1) is 18.6. The molecule has 0 bridgehead atoms. The van der Waals surface area contributed by atoms with E-state index in [-0.39, 0.29) is 28.2 Å². The van der Waals surface area contributed by atoms with E-state index in [2.05, 4.69) is 4.98 Å². The molecular weight excluding hydrogens is 478 g/mol. The third kappa shape index (κ3) is 3.26. The molecule has 0 radical (unpaired) electrons. The maximum atomic E-state index is 13.1. The molecule has 2 aromatic heterocycles. The fraction of sp³-hybridized carbons (Fsp3) is 0.125. The van der Waals surface area contributed by atoms with Crippen LogP contribution in [-0.4, -0.2) is 37.8 Å². The molecule has 0 aliphatic carbocycles. The molecule has 136 valence electrons. The van der Waals surface area contributed by atoms with Crippen LogP contribution < -0.4 is 4.31 Å². The summed E-state index contributed by atoms with van der Waals surface area (Å²) in [5, 5.41) is 9.83. The lowest BCUT2D eigenvalue weighted by Gasteiger charge is -2.16. The number of anilines is 1. The van der Waals surface area contributed by atoms with Crippen molar-refractivity contribution in [1.29, 1.82) is 0 Å². The van der Waals surface area contributed by atoms with Crippen LogP contribution in [0.15, 0.2) is 34.7 Å². The van der Waals surface area contributed by atoms with Gasteiger partial charge in [0.1, 0.15) is 11.4 Å². The van der Waals surface area contributed by atoms with Crippen molar-refractivity contribution in [2.24, 2.45) is 0 Å². The molecule has 26 heavy (non-hydrogen) atoms. The van der Waals surface area contributed by atoms with E-state index in [9.17, 15) is 22.7 Å². The van der Waals surface area contributed by atoms with Gasteiger partial charge in [0.05, 0.1) is 15.2 Å². The van der Waals surface area contributed by atoms with Crippen LogP contribution in [0.3, 0.4) is 0 Å². The van der Waals surface area contributed by atoms with E-state index in [4.69, 9.17) is 4.42 Å². The largest absolute Gasteiger partial charge is 0.478 e. The summed E-state index contributed by atoms with van der Waals surface area (Å²) in [7, 11) is -2.22. The molecule has 0 aliphatic rings. The number of sulfonamides is 1. The summed E-state index contributed by atoms with van der Waals surface area (Å²) in [4.78, 5) is 15.9. The number of carboxylic acids is 1. The predicted molar refractivity (Wildman–Crippen MR) is 102 cm³/mol. The van der Waals surface area contributed by atoms with Crippen molar-refractivity contribution in [2.75, 3.05) is 17.6 Å². The van der Waals surface area contributed by atoms with Gasteiger partial charge in [0, 0.05) is 12.6 Å². The van der Waals surface area contributed by atoms with Crippen LogP contribution in [0.25, 0.3) is 22.4 Å². The highest BCUT2D eigenvalue weighted by molar-refractivity contribution is 14.1. The van der Waals surface area contributed by atoms with Gasteiger partial charge in [-0.25, -0.2) is 17.6 Å². The van der Waals surface area contributed by atoms with E-state index in [0.717, 1.165) is 10.6 Å². The zero-order valence-electron chi connectivity index (χ0n) is 13.5. The molecule has 2 heterocycles. The van der Waals surface area contributed by atoms with Crippen LogP contribution in [-0.2, 0) is 10.0 Å². The van der Waals surface area contributed by atoms with E-state index in [0.29, 0.717) is 9.13 Å². The first-order valence-electron chi connectivity index (χ1n) is 7.15. The first-order valence-corrected chi connectivity index (χ1v) is 10.1. The van der Waals surface area contributed by atoms with Gasteiger partial charge in [-0.15, -0.1) is 0 Å². The van der Waals surface area contributed by atoms with Crippen LogP contribution in [0.4, 0.5) is 10.2 Å². The Bertz CT molecular complexity index is 1130. The molecule has 3 aromatic rings. The minimum atomic E-state index is -3.56. The Morgan fingerprint density at radius 2 is 1.92 bits per heavy atom. The Hall–Kier alpha value is -2.21. The zero-order valence-corrected chi connectivity index (χ0v) is 16.5. The molecule has 0 saturated heterocycles. The number of halogens is 2. The van der Waals surface area contributed by atoms with Crippen LogP contribution in [0.1, 0.15) is 10.4 Å². The number of carboxylic acid groups (broad SMARTS) is 1. The number of hydrogen-bond acceptors (Lipinski definition) is 5. The molecule has 7 nitrogen and oxygen atoms in total. The summed E-state index contributed by atoms with van der Waals surface area (Å²) in [6, 6.07) is 6.67. The normalized spacial score (nSPS) is 11.7. The Morgan fingerprint density at radius 3 is 2.46 bits per heavy atom. The van der Waals surface area contributed by atoms with Crippen molar-refractivity contribution in [2.45, 2.75) is 0 Å². The zero-order chi connectivity index (χ0) is 19.2. The van der Waals surface area contributed by atoms with Crippen LogP contribution >= 0.6 is 22.6 Å². The Labute approximate surface area is 161 Å². The standard InChI is InChI=1S/C16H12FIN2O5S/c1-20(26(2,23)24)14-11(18)7-10-12(16(21)22)13(25-15(10)19-14)8-3-5-9(17)6-4-8/h3-7H,1-2H3,(H,21,22). The topological polar surface area (TPSA) is 101 Å². The number of aromatic carboxylic acids is 1. The van der Waals surface area contributed by atoms with E-state index in [1.54, 1.807) is 0 Å². The second-order valence-electron chi connectivity index (χ2n) is 5.50. The highest BCUT2D eigenvalue weighted by Crippen LogP contribution is 2.36. The molecule has 0 aliphatic heterocycles. The summed E-state index contributed by atoms with van der Waals surface area (Å²) in [6.07, 6.45) is 1.03. The predicted octanol–water partition coefficient (Wildman–Crippen LogP) is 3.33. The summed E-state index contributed by atoms with van der Waals surface area (Å²) >= 11 is 1.88. The smallest absolute Gasteiger partial charge is 0.340 e. The molecule has 10 heteroatoms. The number of furan rings is 1. The molecule has 1 N–H and O–H groups in total. The van der Waals surface area contributed by atoms with Crippen LogP contribution in [0, 0.1) is 9.39 Å². The van der Waals surface area contributed by atoms with Crippen molar-refractivity contribution in [1.82, 2.24) is 4.98 Å². The SMILES string of the molecule is CN(c1nc2oc(-c3ccc(F)cc3)c(C(=O)O)c2cc1I)S(C)(=O)=O. The number of pyridine rings is 1. The summed E-state index contributed by atoms with van der Waals surface area (Å²) < 4.78 is 43.7. The van der Waals surface area contributed by atoms with Gasteiger partial charge >= 0.3 is 5.97 Å². The highest BCUT2D eigenvalue weighted by Gasteiger charge is 2.26. The molecule has 0 amide bonds. The average molecular weight is 490 g/mol. The van der Waals surface area contributed by atoms with Gasteiger partial charge in [0.2, 0.25) is 15.7 Å². The molecule has 0 atom stereocenters. The number of hydrogen-bond donors (Lipinski definition) is 1. The molecule has 0 saturated carbocycles. The number of benzene rings is 1. The highest BCUT2D eigenvalue weighted by atomic mass is 127. The van der Waals surface area contributed by atoms with Crippen molar-refractivity contribution < 1.29 is 27.1 Å². The fourth-order valence-corrected chi connectivity index (χ4v) is 3.80. The van der Waals surface area contributed by atoms with Gasteiger partial charge < -0.3 is 9.52 Å². The third-order valence-corrected chi connectivity index (χ3v) is 5.70. The monoisotopic (exact) mass is 490 g/mol. The van der Waals surface area contributed by atoms with Crippen molar-refractivity contribution in [3.05, 3.63) is 45.3 Å². The van der Waals surface area contributed by atoms with Gasteiger partial charge in [-0.05, 0) is 52.9 Å². The second-order valence-corrected chi connectivity index (χ2v) is 8.67. The third-order valence-electron chi connectivity index (χ3n) is 3.73. The number of aromatic nitrogens is 1. The Kier molecular flexibility index (Phi) is 4.65. The van der Waals surface area contributed by atoms with E-state index in [1.807, 2.05) is 22.6 Å². The molecular formula is C16H12FIN2O5S. The van der Waals surface area contributed by atoms with E-state index >= 15 is 0 Å². The van der Waals surface area contributed by atoms with Gasteiger partial charge in [0.25, 0.3) is 0 Å². The fourth-order valence-electron chi connectivity index (χ4n) is 2.38. The number of nitrogens with zero attached hydrogens (tertiary/aromatic N) is 2. The minimum absolute atomic E-state index is 0.0207. The van der Waals surface area contributed by atoms with Crippen LogP contribution in [0.5, 0.6) is 0 Å². The number of carbonyl (C=O) groups is 1. The lowest BCUT2D eigenvalue weighted by atomic mass is 10.1. The second kappa shape index (κ2) is 6.50. The molecule has 1 aromatic carbocycles. The number of fused-ring (bicyclic) bond motifs is 1. The van der Waals surface area contributed by atoms with E-state index < -0.39 is 21.8 Å². The molecule has 0 fully saturated rings. The quantitative estimate of drug-likeness (QED) is 0.564. The average Bonchev–Trinajstić information content (AvgIpc) is 2.91. The van der Waals surface area contributed by atoms with Crippen molar-refractivity contribution in [3.63, 3.8) is 0 Å². The van der Waals surface area contributed by atoms with Crippen LogP contribution in [0.2, 0.25) is 0 Å². The summed E-state index contributed by atoms with van der Waals surface area (Å²) in [5.74, 6) is -1.55. The minimum Gasteiger partial charge on any atom is -0.478 e. The Balaban J connectivity index is 2.30. The molecule has 3 rings (SSSR count). The Morgan fingerprint density at radius 1 is 1.31 bits per heavy atom. The van der Waals surface area contributed by atoms with Gasteiger partial charge in [0.15, 0.2) is 11.6 Å². The number of rotatable bonds is 4. The first-order chi connectivity index (χ1) is 12.1. The molecule has 0 spiro atoms. The van der Waals surface area contributed by atoms with Gasteiger partial charge in [-0.2, -0.15) is 4.98 Å². The lowest BCUT2D eigenvalue weighted by molar-refractivity contribution is 0.0699. The maximum absolute atomic E-state index is 13.1. The van der Waals surface area contributed by atoms with Crippen molar-refractivity contribution >= 4 is 55.5 Å². The summed E-state index contributed by atoms with van der Waals surface area (Å²) in [5.41, 5.74) is 0.230. The van der Waals surface area contributed by atoms with Gasteiger partial charge in [-0.1, -0.05) is 0 Å². The summed E-state index contributed by atoms with van der Waals surface area (Å²) in [6.45, 7) is 0. The maximum Gasteiger partial charge on any atom is 0.340 e. The lowest BCUT2D eigenvalue weighted by Crippen LogP contribution is -2.26. The van der Waals surface area contributed by atoms with Gasteiger partial charge in [-0.3, -0.25) is 4.31 Å². The van der Waals surface area contributed by atoms with Crippen molar-refractivity contribution in [3.8, 4) is 11.3 Å². The molecule has 0 unspecified atom stereocenters.